The molecule has 3 rings (SSSR count). The number of hydrogen-bond acceptors (Lipinski definition) is 8. The molecule has 0 unspecified atom stereocenters. The third kappa shape index (κ3) is 7.66. The first-order valence-corrected chi connectivity index (χ1v) is 13.6. The maximum absolute atomic E-state index is 12.9. The fourth-order valence-corrected chi connectivity index (χ4v) is 5.26. The molecule has 0 aromatic carbocycles. The van der Waals surface area contributed by atoms with Gasteiger partial charge in [-0.05, 0) is 25.7 Å². The monoisotopic (exact) mass is 534 g/mol. The SMILES string of the molecule is CO[C@@H]1COC(=O)[C@@H]2CCCN2C(=O)CC=C[C@@H](C)[C@H](OC)COC(=O)[C@@H]2CCCN2C(=O)CC=C[C@H]1C. The van der Waals surface area contributed by atoms with Crippen LogP contribution in [0.25, 0.3) is 0 Å². The molecule has 0 radical (unpaired) electrons. The molecule has 212 valence electrons. The molecule has 10 heteroatoms. The lowest BCUT2D eigenvalue weighted by Gasteiger charge is -2.26. The number of amides is 2. The molecule has 0 saturated carbocycles. The zero-order valence-corrected chi connectivity index (χ0v) is 23.0. The zero-order chi connectivity index (χ0) is 27.7. The molecular weight excluding hydrogens is 492 g/mol. The van der Waals surface area contributed by atoms with E-state index in [-0.39, 0.29) is 49.7 Å². The molecule has 2 saturated heterocycles. The van der Waals surface area contributed by atoms with E-state index in [1.807, 2.05) is 26.0 Å². The molecule has 3 heterocycles. The van der Waals surface area contributed by atoms with Crippen molar-refractivity contribution in [3.05, 3.63) is 24.3 Å². The maximum Gasteiger partial charge on any atom is 0.328 e. The van der Waals surface area contributed by atoms with Crippen LogP contribution in [-0.2, 0) is 38.1 Å². The first kappa shape index (κ1) is 29.8. The van der Waals surface area contributed by atoms with E-state index in [9.17, 15) is 19.2 Å². The van der Waals surface area contributed by atoms with Crippen LogP contribution in [0.4, 0.5) is 0 Å². The Morgan fingerprint density at radius 2 is 1.11 bits per heavy atom. The number of esters is 2. The second-order valence-corrected chi connectivity index (χ2v) is 10.3. The van der Waals surface area contributed by atoms with Gasteiger partial charge in [0.25, 0.3) is 0 Å². The normalized spacial score (nSPS) is 32.7. The number of carbonyl (C=O) groups excluding carboxylic acids is 4. The van der Waals surface area contributed by atoms with Gasteiger partial charge in [-0.25, -0.2) is 9.59 Å². The van der Waals surface area contributed by atoms with Crippen LogP contribution < -0.4 is 0 Å². The minimum Gasteiger partial charge on any atom is -0.461 e. The summed E-state index contributed by atoms with van der Waals surface area (Å²) in [5, 5.41) is 0. The van der Waals surface area contributed by atoms with Crippen molar-refractivity contribution in [3.63, 3.8) is 0 Å². The van der Waals surface area contributed by atoms with Crippen LogP contribution in [0.2, 0.25) is 0 Å². The summed E-state index contributed by atoms with van der Waals surface area (Å²) < 4.78 is 22.2. The van der Waals surface area contributed by atoms with Gasteiger partial charge in [-0.2, -0.15) is 0 Å². The Hall–Kier alpha value is -2.72. The molecule has 10 nitrogen and oxygen atoms in total. The van der Waals surface area contributed by atoms with Gasteiger partial charge in [0.05, 0.1) is 12.2 Å². The van der Waals surface area contributed by atoms with Gasteiger partial charge in [-0.15, -0.1) is 0 Å². The standard InChI is InChI=1S/C28H42N2O8/c1-19-9-5-13-25(31)29-15-8-12-22(29)28(34)38-18-24(36-4)20(2)10-6-14-26(32)30-16-7-11-21(30)27(33)37-17-23(19)35-3/h5-6,9-10,19-24H,7-8,11-18H2,1-4H3/t19-,20-,21+,22+,23-,24-/m1/s1. The van der Waals surface area contributed by atoms with Gasteiger partial charge >= 0.3 is 11.9 Å². The Labute approximate surface area is 225 Å². The van der Waals surface area contributed by atoms with Crippen molar-refractivity contribution in [2.24, 2.45) is 11.8 Å². The summed E-state index contributed by atoms with van der Waals surface area (Å²) in [5.74, 6) is -1.38. The van der Waals surface area contributed by atoms with Gasteiger partial charge in [-0.1, -0.05) is 38.2 Å². The highest BCUT2D eigenvalue weighted by atomic mass is 16.6. The third-order valence-corrected chi connectivity index (χ3v) is 7.71. The topological polar surface area (TPSA) is 112 Å². The van der Waals surface area contributed by atoms with Crippen LogP contribution in [0.3, 0.4) is 0 Å². The molecule has 0 N–H and O–H groups in total. The van der Waals surface area contributed by atoms with E-state index in [2.05, 4.69) is 0 Å². The van der Waals surface area contributed by atoms with E-state index >= 15 is 0 Å². The quantitative estimate of drug-likeness (QED) is 0.392. The number of nitrogens with zero attached hydrogens (tertiary/aromatic N) is 2. The first-order chi connectivity index (χ1) is 18.3. The molecular formula is C28H42N2O8. The Kier molecular flexibility index (Phi) is 11.3. The lowest BCUT2D eigenvalue weighted by atomic mass is 10.0. The van der Waals surface area contributed by atoms with E-state index in [1.54, 1.807) is 36.2 Å². The fourth-order valence-electron chi connectivity index (χ4n) is 5.26. The minimum atomic E-state index is -0.605. The van der Waals surface area contributed by atoms with E-state index < -0.39 is 36.2 Å². The van der Waals surface area contributed by atoms with Crippen molar-refractivity contribution >= 4 is 23.8 Å². The molecule has 2 fully saturated rings. The number of carbonyl (C=O) groups is 4. The van der Waals surface area contributed by atoms with Crippen molar-refractivity contribution < 1.29 is 38.1 Å². The first-order valence-electron chi connectivity index (χ1n) is 13.6. The molecule has 3 aliphatic rings. The highest BCUT2D eigenvalue weighted by molar-refractivity contribution is 5.86. The zero-order valence-electron chi connectivity index (χ0n) is 23.0. The molecule has 3 aliphatic heterocycles. The molecule has 2 amide bonds. The smallest absolute Gasteiger partial charge is 0.328 e. The summed E-state index contributed by atoms with van der Waals surface area (Å²) in [7, 11) is 3.09. The predicted molar refractivity (Wildman–Crippen MR) is 139 cm³/mol. The van der Waals surface area contributed by atoms with Crippen molar-refractivity contribution in [2.45, 2.75) is 76.7 Å². The summed E-state index contributed by atoms with van der Waals surface area (Å²) in [5.41, 5.74) is 0. The molecule has 0 bridgehead atoms. The van der Waals surface area contributed by atoms with Crippen LogP contribution in [0.5, 0.6) is 0 Å². The number of hydrogen-bond donors (Lipinski definition) is 0. The molecule has 38 heavy (non-hydrogen) atoms. The van der Waals surface area contributed by atoms with Gasteiger partial charge in [0.1, 0.15) is 25.3 Å². The number of rotatable bonds is 2. The van der Waals surface area contributed by atoms with Gasteiger partial charge in [0.2, 0.25) is 11.8 Å². The van der Waals surface area contributed by atoms with Crippen LogP contribution in [0, 0.1) is 11.8 Å². The summed E-state index contributed by atoms with van der Waals surface area (Å²) in [6, 6.07) is -1.21. The van der Waals surface area contributed by atoms with Crippen molar-refractivity contribution in [3.8, 4) is 0 Å². The second kappa shape index (κ2) is 14.4. The Bertz CT molecular complexity index is 831. The molecule has 0 spiro atoms. The van der Waals surface area contributed by atoms with Crippen LogP contribution >= 0.6 is 0 Å². The maximum atomic E-state index is 12.9. The van der Waals surface area contributed by atoms with Crippen LogP contribution in [-0.4, -0.2) is 98.4 Å². The summed E-state index contributed by atoms with van der Waals surface area (Å²) in [4.78, 5) is 54.7. The molecule has 0 aromatic rings. The Morgan fingerprint density at radius 1 is 0.711 bits per heavy atom. The minimum absolute atomic E-state index is 0.0448. The Balaban J connectivity index is 1.77. The molecule has 6 atom stereocenters. The van der Waals surface area contributed by atoms with Gasteiger partial charge in [-0.3, -0.25) is 9.59 Å². The fraction of sp³-hybridized carbons (Fsp3) is 0.714. The second-order valence-electron chi connectivity index (χ2n) is 10.3. The van der Waals surface area contributed by atoms with Crippen molar-refractivity contribution in [1.29, 1.82) is 0 Å². The molecule has 0 aliphatic carbocycles. The van der Waals surface area contributed by atoms with Crippen LogP contribution in [0.1, 0.15) is 52.4 Å². The lowest BCUT2D eigenvalue weighted by molar-refractivity contribution is -0.157. The van der Waals surface area contributed by atoms with Gasteiger partial charge < -0.3 is 28.7 Å². The number of fused-ring (bicyclic) bond motifs is 2. The predicted octanol–water partition coefficient (Wildman–Crippen LogP) is 2.26. The number of methoxy groups -OCH3 is 2. The summed E-state index contributed by atoms with van der Waals surface area (Å²) in [6.07, 6.45) is 9.34. The number of cyclic esters (lactones) is 2. The van der Waals surface area contributed by atoms with Crippen LogP contribution in [0.15, 0.2) is 24.3 Å². The van der Waals surface area contributed by atoms with Gasteiger partial charge in [0, 0.05) is 52.0 Å². The van der Waals surface area contributed by atoms with Crippen molar-refractivity contribution in [1.82, 2.24) is 9.80 Å². The van der Waals surface area contributed by atoms with E-state index in [1.165, 1.54) is 0 Å². The third-order valence-electron chi connectivity index (χ3n) is 7.71. The summed E-state index contributed by atoms with van der Waals surface area (Å²) in [6.45, 7) is 4.95. The highest BCUT2D eigenvalue weighted by Gasteiger charge is 2.36. The average molecular weight is 535 g/mol. The Morgan fingerprint density at radius 3 is 1.47 bits per heavy atom. The summed E-state index contributed by atoms with van der Waals surface area (Å²) >= 11 is 0. The number of ether oxygens (including phenoxy) is 4. The lowest BCUT2D eigenvalue weighted by Crippen LogP contribution is -2.42. The van der Waals surface area contributed by atoms with Gasteiger partial charge in [0.15, 0.2) is 0 Å². The molecule has 0 aromatic heterocycles. The highest BCUT2D eigenvalue weighted by Crippen LogP contribution is 2.23. The average Bonchev–Trinajstić information content (AvgIpc) is 3.59. The van der Waals surface area contributed by atoms with E-state index in [4.69, 9.17) is 18.9 Å². The van der Waals surface area contributed by atoms with E-state index in [0.29, 0.717) is 25.9 Å². The largest absolute Gasteiger partial charge is 0.461 e. The van der Waals surface area contributed by atoms with E-state index in [0.717, 1.165) is 12.8 Å². The van der Waals surface area contributed by atoms with Crippen molar-refractivity contribution in [2.75, 3.05) is 40.5 Å².